The van der Waals surface area contributed by atoms with Crippen molar-refractivity contribution in [1.82, 2.24) is 19.7 Å². The maximum absolute atomic E-state index is 14.2. The molecular weight excluding hydrogens is 407 g/mol. The Labute approximate surface area is 185 Å². The molecule has 0 aliphatic carbocycles. The molecule has 0 aliphatic heterocycles. The zero-order chi connectivity index (χ0) is 22.8. The largest absolute Gasteiger partial charge is 0.350 e. The standard InChI is InChI=1S/C25H25FN4O2/c1-16-8-10-19(11-9-16)12-27-23(31)15-30-25(32)24-18(3)29(17(2)21(24)13-28-30)14-20-6-4-5-7-22(20)26/h4-11,13H,12,14-15H2,1-3H3,(H,27,31). The van der Waals surface area contributed by atoms with Gasteiger partial charge in [0.25, 0.3) is 5.56 Å². The van der Waals surface area contributed by atoms with E-state index in [9.17, 15) is 14.0 Å². The van der Waals surface area contributed by atoms with Gasteiger partial charge in [0.2, 0.25) is 5.91 Å². The maximum Gasteiger partial charge on any atom is 0.276 e. The van der Waals surface area contributed by atoms with Crippen molar-refractivity contribution in [3.8, 4) is 0 Å². The van der Waals surface area contributed by atoms with Crippen LogP contribution in [0.5, 0.6) is 0 Å². The smallest absolute Gasteiger partial charge is 0.276 e. The van der Waals surface area contributed by atoms with Crippen molar-refractivity contribution < 1.29 is 9.18 Å². The molecule has 4 aromatic rings. The maximum atomic E-state index is 14.2. The molecule has 0 bridgehead atoms. The van der Waals surface area contributed by atoms with Gasteiger partial charge in [-0.25, -0.2) is 9.07 Å². The minimum Gasteiger partial charge on any atom is -0.350 e. The van der Waals surface area contributed by atoms with E-state index in [1.807, 2.05) is 49.6 Å². The normalized spacial score (nSPS) is 11.1. The summed E-state index contributed by atoms with van der Waals surface area (Å²) in [5.74, 6) is -0.579. The van der Waals surface area contributed by atoms with E-state index in [2.05, 4.69) is 10.4 Å². The highest BCUT2D eigenvalue weighted by molar-refractivity contribution is 5.87. The number of nitrogens with one attached hydrogen (secondary N) is 1. The molecule has 2 aromatic carbocycles. The molecule has 1 N–H and O–H groups in total. The number of carbonyl (C=O) groups is 1. The molecule has 4 rings (SSSR count). The summed E-state index contributed by atoms with van der Waals surface area (Å²) in [5, 5.41) is 8.24. The lowest BCUT2D eigenvalue weighted by atomic mass is 10.1. The number of rotatable bonds is 6. The van der Waals surface area contributed by atoms with Crippen molar-refractivity contribution in [1.29, 1.82) is 0 Å². The topological polar surface area (TPSA) is 68.9 Å². The van der Waals surface area contributed by atoms with Gasteiger partial charge in [0.15, 0.2) is 0 Å². The lowest BCUT2D eigenvalue weighted by molar-refractivity contribution is -0.122. The molecule has 1 amide bonds. The van der Waals surface area contributed by atoms with E-state index in [0.29, 0.717) is 29.4 Å². The van der Waals surface area contributed by atoms with Crippen LogP contribution in [0.4, 0.5) is 4.39 Å². The van der Waals surface area contributed by atoms with Gasteiger partial charge >= 0.3 is 0 Å². The van der Waals surface area contributed by atoms with Gasteiger partial charge in [-0.05, 0) is 32.4 Å². The summed E-state index contributed by atoms with van der Waals surface area (Å²) in [6, 6.07) is 14.5. The number of hydrogen-bond donors (Lipinski definition) is 1. The highest BCUT2D eigenvalue weighted by Crippen LogP contribution is 2.23. The van der Waals surface area contributed by atoms with Gasteiger partial charge in [0.1, 0.15) is 12.4 Å². The third-order valence-corrected chi connectivity index (χ3v) is 5.80. The Balaban J connectivity index is 1.57. The van der Waals surface area contributed by atoms with Gasteiger partial charge in [-0.2, -0.15) is 5.10 Å². The average molecular weight is 432 g/mol. The van der Waals surface area contributed by atoms with E-state index in [1.54, 1.807) is 24.4 Å². The quantitative estimate of drug-likeness (QED) is 0.506. The van der Waals surface area contributed by atoms with Gasteiger partial charge < -0.3 is 9.88 Å². The Morgan fingerprint density at radius 3 is 2.47 bits per heavy atom. The fourth-order valence-electron chi connectivity index (χ4n) is 3.89. The first-order chi connectivity index (χ1) is 15.3. The van der Waals surface area contributed by atoms with Gasteiger partial charge in [-0.1, -0.05) is 48.0 Å². The molecule has 2 aromatic heterocycles. The van der Waals surface area contributed by atoms with E-state index in [-0.39, 0.29) is 23.8 Å². The first-order valence-electron chi connectivity index (χ1n) is 10.5. The average Bonchev–Trinajstić information content (AvgIpc) is 3.02. The molecular formula is C25H25FN4O2. The summed E-state index contributed by atoms with van der Waals surface area (Å²) in [5.41, 5.74) is 3.90. The number of halogens is 1. The molecule has 0 unspecified atom stereocenters. The number of aryl methyl sites for hydroxylation is 3. The van der Waals surface area contributed by atoms with Crippen LogP contribution in [-0.2, 0) is 24.4 Å². The molecule has 7 heteroatoms. The first kappa shape index (κ1) is 21.5. The van der Waals surface area contributed by atoms with E-state index in [4.69, 9.17) is 0 Å². The molecule has 0 spiro atoms. The lowest BCUT2D eigenvalue weighted by Gasteiger charge is -2.10. The molecule has 2 heterocycles. The summed E-state index contributed by atoms with van der Waals surface area (Å²) < 4.78 is 17.2. The lowest BCUT2D eigenvalue weighted by Crippen LogP contribution is -2.33. The van der Waals surface area contributed by atoms with E-state index in [0.717, 1.165) is 22.5 Å². The van der Waals surface area contributed by atoms with Crippen molar-refractivity contribution in [2.24, 2.45) is 0 Å². The number of nitrogens with zero attached hydrogens (tertiary/aromatic N) is 3. The number of fused-ring (bicyclic) bond motifs is 1. The molecule has 164 valence electrons. The van der Waals surface area contributed by atoms with E-state index >= 15 is 0 Å². The zero-order valence-corrected chi connectivity index (χ0v) is 18.4. The molecule has 0 atom stereocenters. The second-order valence-electron chi connectivity index (χ2n) is 8.01. The summed E-state index contributed by atoms with van der Waals surface area (Å²) >= 11 is 0. The monoisotopic (exact) mass is 432 g/mol. The second kappa shape index (κ2) is 8.78. The van der Waals surface area contributed by atoms with Crippen LogP contribution in [0, 0.1) is 26.6 Å². The zero-order valence-electron chi connectivity index (χ0n) is 18.4. The van der Waals surface area contributed by atoms with Crippen molar-refractivity contribution in [3.63, 3.8) is 0 Å². The predicted molar refractivity (Wildman–Crippen MR) is 122 cm³/mol. The van der Waals surface area contributed by atoms with Crippen molar-refractivity contribution in [2.45, 2.75) is 40.4 Å². The molecule has 6 nitrogen and oxygen atoms in total. The van der Waals surface area contributed by atoms with Crippen LogP contribution >= 0.6 is 0 Å². The van der Waals surface area contributed by atoms with Crippen molar-refractivity contribution in [2.75, 3.05) is 0 Å². The van der Waals surface area contributed by atoms with Crippen LogP contribution in [0.3, 0.4) is 0 Å². The molecule has 0 fully saturated rings. The molecule has 0 aliphatic rings. The van der Waals surface area contributed by atoms with Gasteiger partial charge in [0.05, 0.1) is 18.1 Å². The first-order valence-corrected chi connectivity index (χ1v) is 10.5. The fourth-order valence-corrected chi connectivity index (χ4v) is 3.89. The number of hydrogen-bond acceptors (Lipinski definition) is 3. The predicted octanol–water partition coefficient (Wildman–Crippen LogP) is 3.63. The van der Waals surface area contributed by atoms with Crippen molar-refractivity contribution in [3.05, 3.63) is 99.0 Å². The highest BCUT2D eigenvalue weighted by Gasteiger charge is 2.18. The van der Waals surface area contributed by atoms with Gasteiger partial charge in [0, 0.05) is 28.9 Å². The minimum atomic E-state index is -0.333. The Bertz CT molecular complexity index is 1350. The fraction of sp³-hybridized carbons (Fsp3) is 0.240. The number of benzene rings is 2. The number of aromatic nitrogens is 3. The van der Waals surface area contributed by atoms with Crippen LogP contribution in [-0.4, -0.2) is 20.3 Å². The number of amides is 1. The summed E-state index contributed by atoms with van der Waals surface area (Å²) in [6.45, 7) is 6.25. The van der Waals surface area contributed by atoms with Crippen LogP contribution in [0.2, 0.25) is 0 Å². The Kier molecular flexibility index (Phi) is 5.90. The van der Waals surface area contributed by atoms with Gasteiger partial charge in [-0.3, -0.25) is 9.59 Å². The molecule has 0 saturated carbocycles. The number of carbonyl (C=O) groups excluding carboxylic acids is 1. The van der Waals surface area contributed by atoms with Crippen LogP contribution in [0.1, 0.15) is 28.1 Å². The van der Waals surface area contributed by atoms with Crippen molar-refractivity contribution >= 4 is 16.7 Å². The van der Waals surface area contributed by atoms with Crippen LogP contribution < -0.4 is 10.9 Å². The summed E-state index contributed by atoms with van der Waals surface area (Å²) in [4.78, 5) is 25.5. The highest BCUT2D eigenvalue weighted by atomic mass is 19.1. The Hall–Kier alpha value is -3.74. The molecule has 0 radical (unpaired) electrons. The van der Waals surface area contributed by atoms with Crippen LogP contribution in [0.25, 0.3) is 10.8 Å². The minimum absolute atomic E-state index is 0.169. The van der Waals surface area contributed by atoms with Crippen LogP contribution in [0.15, 0.2) is 59.5 Å². The van der Waals surface area contributed by atoms with E-state index < -0.39 is 0 Å². The molecule has 32 heavy (non-hydrogen) atoms. The third-order valence-electron chi connectivity index (χ3n) is 5.80. The second-order valence-corrected chi connectivity index (χ2v) is 8.01. The molecule has 0 saturated heterocycles. The summed E-state index contributed by atoms with van der Waals surface area (Å²) in [7, 11) is 0. The Morgan fingerprint density at radius 1 is 1.03 bits per heavy atom. The Morgan fingerprint density at radius 2 is 1.75 bits per heavy atom. The van der Waals surface area contributed by atoms with Gasteiger partial charge in [-0.15, -0.1) is 0 Å². The SMILES string of the molecule is Cc1ccc(CNC(=O)Cn2ncc3c(C)n(Cc4ccccc4F)c(C)c3c2=O)cc1. The van der Waals surface area contributed by atoms with E-state index in [1.165, 1.54) is 10.7 Å². The summed E-state index contributed by atoms with van der Waals surface area (Å²) in [6.07, 6.45) is 1.60. The third kappa shape index (κ3) is 4.19.